The van der Waals surface area contributed by atoms with Gasteiger partial charge in [-0.05, 0) is 47.0 Å². The summed E-state index contributed by atoms with van der Waals surface area (Å²) < 4.78 is 5.76. The van der Waals surface area contributed by atoms with Crippen LogP contribution in [0.5, 0.6) is 0 Å². The van der Waals surface area contributed by atoms with Crippen LogP contribution >= 0.6 is 0 Å². The molecule has 2 N–H and O–H groups in total. The summed E-state index contributed by atoms with van der Waals surface area (Å²) in [6, 6.07) is 28.1. The molecule has 3 aromatic carbocycles. The molecule has 1 aliphatic heterocycles. The van der Waals surface area contributed by atoms with Gasteiger partial charge in [-0.3, -0.25) is 19.5 Å². The van der Waals surface area contributed by atoms with E-state index in [0.29, 0.717) is 16.8 Å². The second-order valence-electron chi connectivity index (χ2n) is 8.89. The van der Waals surface area contributed by atoms with Crippen LogP contribution in [0.3, 0.4) is 0 Å². The van der Waals surface area contributed by atoms with Crippen molar-refractivity contribution in [1.29, 1.82) is 0 Å². The fraction of sp³-hybridized carbons (Fsp3) is 0.133. The Bertz CT molecular complexity index is 1410. The third kappa shape index (κ3) is 5.70. The molecule has 8 heteroatoms. The molecule has 2 atom stereocenters. The van der Waals surface area contributed by atoms with E-state index in [0.717, 1.165) is 11.1 Å². The van der Waals surface area contributed by atoms with Crippen molar-refractivity contribution in [2.75, 3.05) is 5.32 Å². The third-order valence-corrected chi connectivity index (χ3v) is 6.25. The highest BCUT2D eigenvalue weighted by Gasteiger charge is 2.47. The molecule has 5 rings (SSSR count). The zero-order valence-corrected chi connectivity index (χ0v) is 20.5. The number of nitrogens with one attached hydrogen (secondary N) is 2. The molecule has 0 aliphatic carbocycles. The number of nitrogens with zero attached hydrogens (tertiary/aromatic N) is 2. The van der Waals surface area contributed by atoms with Crippen LogP contribution in [0, 0.1) is 0 Å². The van der Waals surface area contributed by atoms with E-state index in [4.69, 9.17) is 4.74 Å². The Morgan fingerprint density at radius 1 is 0.868 bits per heavy atom. The van der Waals surface area contributed by atoms with Crippen LogP contribution in [0.15, 0.2) is 109 Å². The summed E-state index contributed by atoms with van der Waals surface area (Å²) in [6.07, 6.45) is 1.89. The lowest BCUT2D eigenvalue weighted by Crippen LogP contribution is -2.46. The number of ether oxygens (including phenoxy) is 1. The van der Waals surface area contributed by atoms with E-state index in [-0.39, 0.29) is 24.9 Å². The fourth-order valence-electron chi connectivity index (χ4n) is 4.37. The van der Waals surface area contributed by atoms with Gasteiger partial charge in [-0.2, -0.15) is 0 Å². The van der Waals surface area contributed by atoms with Gasteiger partial charge >= 0.3 is 6.09 Å². The van der Waals surface area contributed by atoms with Crippen LogP contribution < -0.4 is 10.6 Å². The first-order chi connectivity index (χ1) is 18.6. The molecule has 4 aromatic rings. The van der Waals surface area contributed by atoms with Gasteiger partial charge in [-0.1, -0.05) is 66.7 Å². The van der Waals surface area contributed by atoms with Gasteiger partial charge in [-0.15, -0.1) is 0 Å². The van der Waals surface area contributed by atoms with Gasteiger partial charge in [0.1, 0.15) is 0 Å². The number of carbonyl (C=O) groups is 3. The molecule has 38 heavy (non-hydrogen) atoms. The Hall–Kier alpha value is -4.98. The van der Waals surface area contributed by atoms with Crippen LogP contribution in [0.25, 0.3) is 0 Å². The zero-order valence-electron chi connectivity index (χ0n) is 20.5. The largest absolute Gasteiger partial charge is 0.438 e. The van der Waals surface area contributed by atoms with Crippen molar-refractivity contribution in [1.82, 2.24) is 15.2 Å². The number of pyridine rings is 1. The maximum Gasteiger partial charge on any atom is 0.411 e. The Balaban J connectivity index is 1.40. The number of rotatable bonds is 8. The topological polar surface area (TPSA) is 101 Å². The molecular formula is C30H26N4O4. The number of hydrogen-bond donors (Lipinski definition) is 2. The minimum atomic E-state index is -0.917. The Kier molecular flexibility index (Phi) is 7.40. The predicted molar refractivity (Wildman–Crippen MR) is 142 cm³/mol. The molecule has 1 saturated heterocycles. The average Bonchev–Trinajstić information content (AvgIpc) is 3.29. The number of amides is 3. The average molecular weight is 507 g/mol. The first-order valence-corrected chi connectivity index (χ1v) is 12.2. The molecule has 1 aliphatic rings. The van der Waals surface area contributed by atoms with Crippen LogP contribution in [0.1, 0.15) is 33.2 Å². The number of hydrogen-bond acceptors (Lipinski definition) is 5. The van der Waals surface area contributed by atoms with E-state index in [1.54, 1.807) is 67.0 Å². The number of benzene rings is 3. The number of carbonyl (C=O) groups excluding carboxylic acids is 3. The number of cyclic esters (lactones) is 1. The molecule has 0 spiro atoms. The standard InChI is InChI=1S/C30H26N4O4/c35-28(23-12-5-2-6-13-23)33-25-15-7-14-24(17-25)27-26(29(36)32-19-22-11-8-16-31-18-22)34(30(37)38-27)20-21-9-3-1-4-10-21/h1-18,26-27H,19-20H2,(H,32,36)(H,33,35). The van der Waals surface area contributed by atoms with Crippen molar-refractivity contribution < 1.29 is 19.1 Å². The molecular weight excluding hydrogens is 480 g/mol. The minimum absolute atomic E-state index is 0.214. The summed E-state index contributed by atoms with van der Waals surface area (Å²) >= 11 is 0. The zero-order chi connectivity index (χ0) is 26.3. The number of anilines is 1. The molecule has 3 amide bonds. The lowest BCUT2D eigenvalue weighted by atomic mass is 10.00. The highest BCUT2D eigenvalue weighted by Crippen LogP contribution is 2.35. The van der Waals surface area contributed by atoms with E-state index < -0.39 is 18.2 Å². The maximum atomic E-state index is 13.5. The van der Waals surface area contributed by atoms with Crippen molar-refractivity contribution in [2.24, 2.45) is 0 Å². The van der Waals surface area contributed by atoms with Crippen molar-refractivity contribution in [3.8, 4) is 0 Å². The molecule has 0 bridgehead atoms. The summed E-state index contributed by atoms with van der Waals surface area (Å²) in [4.78, 5) is 44.8. The van der Waals surface area contributed by atoms with E-state index >= 15 is 0 Å². The van der Waals surface area contributed by atoms with Crippen molar-refractivity contribution in [2.45, 2.75) is 25.2 Å². The molecule has 2 unspecified atom stereocenters. The van der Waals surface area contributed by atoms with Gasteiger partial charge in [0.2, 0.25) is 5.91 Å². The molecule has 8 nitrogen and oxygen atoms in total. The molecule has 190 valence electrons. The van der Waals surface area contributed by atoms with Crippen LogP contribution in [-0.4, -0.2) is 33.8 Å². The molecule has 0 saturated carbocycles. The van der Waals surface area contributed by atoms with Crippen LogP contribution in [-0.2, 0) is 22.6 Å². The van der Waals surface area contributed by atoms with Crippen LogP contribution in [0.2, 0.25) is 0 Å². The second kappa shape index (κ2) is 11.4. The summed E-state index contributed by atoms with van der Waals surface area (Å²) in [7, 11) is 0. The van der Waals surface area contributed by atoms with E-state index in [9.17, 15) is 14.4 Å². The molecule has 1 fully saturated rings. The highest BCUT2D eigenvalue weighted by atomic mass is 16.6. The SMILES string of the molecule is O=C(Nc1cccc(C2OC(=O)N(Cc3ccccc3)C2C(=O)NCc2cccnc2)c1)c1ccccc1. The Labute approximate surface area is 220 Å². The highest BCUT2D eigenvalue weighted by molar-refractivity contribution is 6.04. The summed E-state index contributed by atoms with van der Waals surface area (Å²) in [5.74, 6) is -0.609. The summed E-state index contributed by atoms with van der Waals surface area (Å²) in [5.41, 5.74) is 3.36. The van der Waals surface area contributed by atoms with E-state index in [2.05, 4.69) is 15.6 Å². The normalized spacial score (nSPS) is 16.5. The van der Waals surface area contributed by atoms with Gasteiger partial charge in [-0.25, -0.2) is 4.79 Å². The molecule has 1 aromatic heterocycles. The van der Waals surface area contributed by atoms with Crippen molar-refractivity contribution >= 4 is 23.6 Å². The van der Waals surface area contributed by atoms with Crippen molar-refractivity contribution in [3.05, 3.63) is 132 Å². The van der Waals surface area contributed by atoms with Crippen molar-refractivity contribution in [3.63, 3.8) is 0 Å². The Morgan fingerprint density at radius 2 is 1.61 bits per heavy atom. The van der Waals surface area contributed by atoms with Gasteiger partial charge < -0.3 is 15.4 Å². The van der Waals surface area contributed by atoms with E-state index in [1.807, 2.05) is 42.5 Å². The number of aromatic nitrogens is 1. The van der Waals surface area contributed by atoms with Gasteiger partial charge in [0, 0.05) is 30.2 Å². The Morgan fingerprint density at radius 3 is 2.34 bits per heavy atom. The second-order valence-corrected chi connectivity index (χ2v) is 8.89. The quantitative estimate of drug-likeness (QED) is 0.360. The minimum Gasteiger partial charge on any atom is -0.438 e. The summed E-state index contributed by atoms with van der Waals surface area (Å²) in [5, 5.41) is 5.80. The third-order valence-electron chi connectivity index (χ3n) is 6.25. The maximum absolute atomic E-state index is 13.5. The van der Waals surface area contributed by atoms with E-state index in [1.165, 1.54) is 4.90 Å². The molecule has 2 heterocycles. The lowest BCUT2D eigenvalue weighted by Gasteiger charge is -2.24. The first-order valence-electron chi connectivity index (χ1n) is 12.2. The lowest BCUT2D eigenvalue weighted by molar-refractivity contribution is -0.126. The first kappa shape index (κ1) is 24.7. The fourth-order valence-corrected chi connectivity index (χ4v) is 4.37. The monoisotopic (exact) mass is 506 g/mol. The van der Waals surface area contributed by atoms with Gasteiger partial charge in [0.15, 0.2) is 12.1 Å². The van der Waals surface area contributed by atoms with Gasteiger partial charge in [0.05, 0.1) is 6.54 Å². The van der Waals surface area contributed by atoms with Crippen LogP contribution in [0.4, 0.5) is 10.5 Å². The molecule has 0 radical (unpaired) electrons. The van der Waals surface area contributed by atoms with Gasteiger partial charge in [0.25, 0.3) is 5.91 Å². The summed E-state index contributed by atoms with van der Waals surface area (Å²) in [6.45, 7) is 0.474. The smallest absolute Gasteiger partial charge is 0.411 e. The predicted octanol–water partition coefficient (Wildman–Crippen LogP) is 4.71.